The number of aromatic amines is 1. The molecule has 2 N–H and O–H groups in total. The van der Waals surface area contributed by atoms with Crippen molar-refractivity contribution >= 4 is 34.2 Å². The Kier molecular flexibility index (Phi) is 5.89. The number of hydrogen-bond acceptors (Lipinski definition) is 3. The first-order valence-corrected chi connectivity index (χ1v) is 11.7. The molecule has 2 amide bonds. The van der Waals surface area contributed by atoms with Gasteiger partial charge in [0.2, 0.25) is 0 Å². The largest absolute Gasteiger partial charge is 0.361 e. The Morgan fingerprint density at radius 1 is 1.22 bits per heavy atom. The number of rotatable bonds is 5. The molecule has 2 aliphatic rings. The summed E-state index contributed by atoms with van der Waals surface area (Å²) in [5.41, 5.74) is 4.64. The van der Waals surface area contributed by atoms with Gasteiger partial charge in [-0.15, -0.1) is 0 Å². The second-order valence-electron chi connectivity index (χ2n) is 8.55. The van der Waals surface area contributed by atoms with Crippen LogP contribution in [-0.2, 0) is 6.42 Å². The number of nitrogens with one attached hydrogen (secondary N) is 2. The average Bonchev–Trinajstić information content (AvgIpc) is 3.26. The fraction of sp³-hybridized carbons (Fsp3) is 0.360. The van der Waals surface area contributed by atoms with E-state index in [1.54, 1.807) is 11.1 Å². The molecular weight excluding hydrogens is 422 g/mol. The van der Waals surface area contributed by atoms with Gasteiger partial charge < -0.3 is 15.2 Å². The van der Waals surface area contributed by atoms with Crippen LogP contribution in [0.2, 0.25) is 5.02 Å². The molecule has 0 saturated carbocycles. The van der Waals surface area contributed by atoms with Gasteiger partial charge in [-0.2, -0.15) is 0 Å². The highest BCUT2D eigenvalue weighted by Crippen LogP contribution is 2.36. The number of H-pyrrole nitrogens is 1. The second-order valence-corrected chi connectivity index (χ2v) is 8.93. The van der Waals surface area contributed by atoms with Crippen molar-refractivity contribution in [2.45, 2.75) is 26.2 Å². The number of hydrogen-bond donors (Lipinski definition) is 2. The first-order valence-electron chi connectivity index (χ1n) is 11.4. The van der Waals surface area contributed by atoms with Crippen molar-refractivity contribution in [1.29, 1.82) is 0 Å². The minimum absolute atomic E-state index is 0.0173. The molecule has 6 nitrogen and oxygen atoms in total. The molecule has 0 radical (unpaired) electrons. The first-order chi connectivity index (χ1) is 15.7. The average molecular weight is 450 g/mol. The number of benzene rings is 1. The zero-order valence-corrected chi connectivity index (χ0v) is 19.0. The summed E-state index contributed by atoms with van der Waals surface area (Å²) in [6, 6.07) is 7.87. The molecular formula is C25H28ClN5O. The predicted octanol–water partition coefficient (Wildman–Crippen LogP) is 5.20. The number of nitrogens with zero attached hydrogens (tertiary/aromatic N) is 3. The molecule has 0 unspecified atom stereocenters. The summed E-state index contributed by atoms with van der Waals surface area (Å²) in [7, 11) is 0. The van der Waals surface area contributed by atoms with Crippen LogP contribution >= 0.6 is 11.6 Å². The number of carbonyl (C=O) groups excluding carboxylic acids is 1. The van der Waals surface area contributed by atoms with Crippen LogP contribution in [-0.4, -0.2) is 47.1 Å². The Labute approximate surface area is 193 Å². The van der Waals surface area contributed by atoms with Crippen molar-refractivity contribution in [2.75, 3.05) is 31.1 Å². The van der Waals surface area contributed by atoms with E-state index in [0.717, 1.165) is 66.7 Å². The van der Waals surface area contributed by atoms with E-state index in [2.05, 4.69) is 28.3 Å². The van der Waals surface area contributed by atoms with Gasteiger partial charge in [0.25, 0.3) is 0 Å². The summed E-state index contributed by atoms with van der Waals surface area (Å²) >= 11 is 6.83. The highest BCUT2D eigenvalue weighted by Gasteiger charge is 2.27. The lowest BCUT2D eigenvalue weighted by Crippen LogP contribution is -2.47. The smallest absolute Gasteiger partial charge is 0.328 e. The quantitative estimate of drug-likeness (QED) is 0.562. The van der Waals surface area contributed by atoms with Crippen LogP contribution < -0.4 is 10.2 Å². The molecule has 0 bridgehead atoms. The minimum Gasteiger partial charge on any atom is -0.361 e. The maximum atomic E-state index is 13.3. The molecule has 1 aromatic carbocycles. The van der Waals surface area contributed by atoms with E-state index in [1.807, 2.05) is 41.6 Å². The molecule has 4 heterocycles. The molecule has 32 heavy (non-hydrogen) atoms. The van der Waals surface area contributed by atoms with Crippen molar-refractivity contribution in [2.24, 2.45) is 5.92 Å². The Hall–Kier alpha value is -2.83. The zero-order valence-electron chi connectivity index (χ0n) is 18.3. The Balaban J connectivity index is 1.43. The molecule has 5 rings (SSSR count). The van der Waals surface area contributed by atoms with Crippen LogP contribution in [0.25, 0.3) is 22.2 Å². The lowest BCUT2D eigenvalue weighted by Gasteiger charge is -2.35. The third kappa shape index (κ3) is 3.89. The third-order valence-electron chi connectivity index (χ3n) is 6.54. The van der Waals surface area contributed by atoms with Gasteiger partial charge in [0.1, 0.15) is 0 Å². The lowest BCUT2D eigenvalue weighted by atomic mass is 9.97. The number of fused-ring (bicyclic) bond motifs is 1. The van der Waals surface area contributed by atoms with Crippen molar-refractivity contribution in [3.05, 3.63) is 59.5 Å². The van der Waals surface area contributed by atoms with Crippen molar-refractivity contribution in [3.8, 4) is 11.3 Å². The third-order valence-corrected chi connectivity index (χ3v) is 6.93. The summed E-state index contributed by atoms with van der Waals surface area (Å²) in [6.45, 7) is 5.65. The number of anilines is 1. The Morgan fingerprint density at radius 3 is 2.88 bits per heavy atom. The van der Waals surface area contributed by atoms with E-state index in [-0.39, 0.29) is 6.03 Å². The molecule has 0 atom stereocenters. The summed E-state index contributed by atoms with van der Waals surface area (Å²) in [6.07, 6.45) is 10.8. The number of carbonyl (C=O) groups is 1. The topological polar surface area (TPSA) is 64.3 Å². The highest BCUT2D eigenvalue weighted by molar-refractivity contribution is 6.38. The normalized spacial score (nSPS) is 17.5. The number of pyridine rings is 1. The van der Waals surface area contributed by atoms with E-state index in [1.165, 1.54) is 5.56 Å². The molecule has 2 aliphatic heterocycles. The van der Waals surface area contributed by atoms with Crippen LogP contribution in [0, 0.1) is 5.92 Å². The molecule has 0 aliphatic carbocycles. The summed E-state index contributed by atoms with van der Waals surface area (Å²) in [4.78, 5) is 24.8. The molecule has 0 spiro atoms. The van der Waals surface area contributed by atoms with E-state index in [4.69, 9.17) is 11.6 Å². The Morgan fingerprint density at radius 2 is 2.06 bits per heavy atom. The Bertz CT molecular complexity index is 1160. The van der Waals surface area contributed by atoms with Crippen LogP contribution in [0.4, 0.5) is 10.5 Å². The minimum atomic E-state index is 0.0173. The molecule has 1 fully saturated rings. The standard InChI is InChI=1S/C25H28ClN5O/c1-2-18-15-29-21-5-4-20(24(26)23(18)21)22-14-19(8-11-28-22)31-13-3-12-30(25(31)32)16-17-6-9-27-10-7-17/h3-5,8,11,13-15,17,27,29H,2,6-7,9-10,12,16H2,1H3. The maximum Gasteiger partial charge on any atom is 0.328 e. The van der Waals surface area contributed by atoms with Gasteiger partial charge in [0.15, 0.2) is 0 Å². The van der Waals surface area contributed by atoms with Gasteiger partial charge in [0, 0.05) is 48.1 Å². The van der Waals surface area contributed by atoms with Crippen LogP contribution in [0.3, 0.4) is 0 Å². The van der Waals surface area contributed by atoms with Crippen LogP contribution in [0.15, 0.2) is 48.9 Å². The summed E-state index contributed by atoms with van der Waals surface area (Å²) in [5.74, 6) is 0.557. The zero-order chi connectivity index (χ0) is 22.1. The number of amides is 2. The van der Waals surface area contributed by atoms with E-state index in [9.17, 15) is 4.79 Å². The van der Waals surface area contributed by atoms with Gasteiger partial charge in [-0.1, -0.05) is 18.5 Å². The summed E-state index contributed by atoms with van der Waals surface area (Å²) in [5, 5.41) is 5.13. The SMILES string of the molecule is CCc1c[nH]c2ccc(-c3cc(N4C=CCN(CC5CCNCC5)C4=O)ccn3)c(Cl)c12. The van der Waals surface area contributed by atoms with Crippen molar-refractivity contribution < 1.29 is 4.79 Å². The fourth-order valence-electron chi connectivity index (χ4n) is 4.74. The monoisotopic (exact) mass is 449 g/mol. The van der Waals surface area contributed by atoms with Gasteiger partial charge in [-0.3, -0.25) is 9.88 Å². The van der Waals surface area contributed by atoms with Gasteiger partial charge >= 0.3 is 6.03 Å². The molecule has 166 valence electrons. The van der Waals surface area contributed by atoms with Crippen molar-refractivity contribution in [1.82, 2.24) is 20.2 Å². The first kappa shape index (κ1) is 21.0. The maximum absolute atomic E-state index is 13.3. The second kappa shape index (κ2) is 8.96. The lowest BCUT2D eigenvalue weighted by molar-refractivity contribution is 0.192. The fourth-order valence-corrected chi connectivity index (χ4v) is 5.12. The molecule has 7 heteroatoms. The summed E-state index contributed by atoms with van der Waals surface area (Å²) < 4.78 is 0. The van der Waals surface area contributed by atoms with E-state index < -0.39 is 0 Å². The van der Waals surface area contributed by atoms with Gasteiger partial charge in [0.05, 0.1) is 16.4 Å². The number of aromatic nitrogens is 2. The highest BCUT2D eigenvalue weighted by atomic mass is 35.5. The van der Waals surface area contributed by atoms with Crippen molar-refractivity contribution in [3.63, 3.8) is 0 Å². The number of piperidine rings is 1. The van der Waals surface area contributed by atoms with Gasteiger partial charge in [-0.25, -0.2) is 4.79 Å². The number of aryl methyl sites for hydroxylation is 1. The predicted molar refractivity (Wildman–Crippen MR) is 130 cm³/mol. The number of halogens is 1. The van der Waals surface area contributed by atoms with E-state index >= 15 is 0 Å². The van der Waals surface area contributed by atoms with Crippen LogP contribution in [0.1, 0.15) is 25.3 Å². The number of urea groups is 1. The molecule has 2 aromatic heterocycles. The van der Waals surface area contributed by atoms with Gasteiger partial charge in [-0.05, 0) is 74.2 Å². The van der Waals surface area contributed by atoms with E-state index in [0.29, 0.717) is 17.5 Å². The van der Waals surface area contributed by atoms with Crippen LogP contribution in [0.5, 0.6) is 0 Å². The molecule has 1 saturated heterocycles. The molecule has 3 aromatic rings.